The number of hydrogen-bond donors (Lipinski definition) is 2. The van der Waals surface area contributed by atoms with Crippen molar-refractivity contribution in [3.8, 4) is 0 Å². The summed E-state index contributed by atoms with van der Waals surface area (Å²) in [6.45, 7) is 2.48. The average molecular weight is 487 g/mol. The Balaban J connectivity index is 1.51. The summed E-state index contributed by atoms with van der Waals surface area (Å²) in [5.74, 6) is -3.16. The number of aliphatic hydroxyl groups is 2. The fourth-order valence-electron chi connectivity index (χ4n) is 8.23. The second kappa shape index (κ2) is 6.97. The second-order valence-electron chi connectivity index (χ2n) is 11.0. The monoisotopic (exact) mass is 487 g/mol. The van der Waals surface area contributed by atoms with Crippen LogP contribution in [0.1, 0.15) is 38.7 Å². The van der Waals surface area contributed by atoms with E-state index in [4.69, 9.17) is 9.25 Å². The Kier molecular flexibility index (Phi) is 4.54. The largest absolute Gasteiger partial charge is 0.472 e. The minimum atomic E-state index is -2.27. The molecular weight excluding hydrogens is 460 g/mol. The van der Waals surface area contributed by atoms with Crippen LogP contribution >= 0.6 is 0 Å². The summed E-state index contributed by atoms with van der Waals surface area (Å²) in [6.07, 6.45) is 3.43. The molecule has 1 aromatic heterocycles. The summed E-state index contributed by atoms with van der Waals surface area (Å²) < 4.78 is 38.2. The Hall–Kier alpha value is -2.65. The lowest BCUT2D eigenvalue weighted by molar-refractivity contribution is -0.229. The zero-order valence-electron chi connectivity index (χ0n) is 19.4. The number of hydrogen-bond acceptors (Lipinski definition) is 7. The first-order chi connectivity index (χ1) is 16.5. The fraction of sp³-hybridized carbons (Fsp3) is 0.577. The van der Waals surface area contributed by atoms with Crippen molar-refractivity contribution in [2.45, 2.75) is 56.7 Å². The number of carbonyl (C=O) groups is 2. The van der Waals surface area contributed by atoms with Crippen molar-refractivity contribution in [2.24, 2.45) is 33.7 Å². The summed E-state index contributed by atoms with van der Waals surface area (Å²) in [6, 6.07) is 1.68. The van der Waals surface area contributed by atoms with E-state index < -0.39 is 70.3 Å². The Labute approximate surface area is 200 Å². The molecule has 6 rings (SSSR count). The van der Waals surface area contributed by atoms with Crippen molar-refractivity contribution in [3.05, 3.63) is 48.0 Å². The molecule has 0 saturated heterocycles. The molecule has 9 heteroatoms. The molecule has 1 unspecified atom stereocenters. The first-order valence-corrected chi connectivity index (χ1v) is 11.9. The third kappa shape index (κ3) is 2.43. The molecule has 5 aliphatic rings. The van der Waals surface area contributed by atoms with E-state index in [0.717, 1.165) is 6.08 Å². The van der Waals surface area contributed by atoms with Crippen LogP contribution < -0.4 is 0 Å². The number of alkyl halides is 2. The number of allylic oxidation sites excluding steroid dienone is 4. The number of fused-ring (bicyclic) bond motifs is 7. The quantitative estimate of drug-likeness (QED) is 0.679. The van der Waals surface area contributed by atoms with Crippen LogP contribution in [-0.2, 0) is 14.4 Å². The number of rotatable bonds is 3. The maximum absolute atomic E-state index is 17.4. The van der Waals surface area contributed by atoms with Gasteiger partial charge in [-0.05, 0) is 55.9 Å². The van der Waals surface area contributed by atoms with Crippen molar-refractivity contribution in [1.82, 2.24) is 0 Å². The van der Waals surface area contributed by atoms with Crippen molar-refractivity contribution in [1.29, 1.82) is 0 Å². The van der Waals surface area contributed by atoms with Crippen molar-refractivity contribution in [3.63, 3.8) is 0 Å². The number of oxime groups is 1. The smallest absolute Gasteiger partial charge is 0.211 e. The molecule has 2 heterocycles. The number of halogens is 2. The number of nitrogens with zero attached hydrogens (tertiary/aromatic N) is 1. The molecule has 4 aliphatic carbocycles. The van der Waals surface area contributed by atoms with Crippen LogP contribution in [0.2, 0.25) is 0 Å². The van der Waals surface area contributed by atoms with Gasteiger partial charge in [-0.2, -0.15) is 0 Å². The molecule has 0 radical (unpaired) electrons. The molecular formula is C26H27F2NO6. The van der Waals surface area contributed by atoms with E-state index in [2.05, 4.69) is 5.16 Å². The molecule has 3 fully saturated rings. The number of aliphatic hydroxyl groups excluding tert-OH is 2. The number of Topliss-reactive ketones (excluding diaryl/α,β-unsaturated/α-hetero) is 1. The maximum atomic E-state index is 17.4. The zero-order chi connectivity index (χ0) is 25.0. The van der Waals surface area contributed by atoms with Crippen molar-refractivity contribution >= 4 is 17.3 Å². The number of furan rings is 1. The van der Waals surface area contributed by atoms with E-state index in [1.807, 2.05) is 0 Å². The van der Waals surface area contributed by atoms with Gasteiger partial charge in [-0.15, -0.1) is 0 Å². The van der Waals surface area contributed by atoms with Gasteiger partial charge in [0.2, 0.25) is 11.4 Å². The summed E-state index contributed by atoms with van der Waals surface area (Å²) in [4.78, 5) is 31.3. The molecule has 1 aromatic rings. The molecule has 9 atom stereocenters. The molecule has 2 N–H and O–H groups in total. The zero-order valence-corrected chi connectivity index (χ0v) is 19.4. The van der Waals surface area contributed by atoms with E-state index in [1.54, 1.807) is 13.0 Å². The van der Waals surface area contributed by atoms with Crippen LogP contribution in [0.25, 0.3) is 0 Å². The van der Waals surface area contributed by atoms with Gasteiger partial charge >= 0.3 is 0 Å². The van der Waals surface area contributed by atoms with Crippen LogP contribution in [0.5, 0.6) is 0 Å². The summed E-state index contributed by atoms with van der Waals surface area (Å²) in [5, 5.41) is 25.6. The van der Waals surface area contributed by atoms with E-state index in [9.17, 15) is 19.8 Å². The van der Waals surface area contributed by atoms with Gasteiger partial charge in [-0.25, -0.2) is 8.78 Å². The van der Waals surface area contributed by atoms with Gasteiger partial charge in [0.15, 0.2) is 11.5 Å². The summed E-state index contributed by atoms with van der Waals surface area (Å²) in [7, 11) is 0. The summed E-state index contributed by atoms with van der Waals surface area (Å²) >= 11 is 0. The molecule has 35 heavy (non-hydrogen) atoms. The fourth-order valence-corrected chi connectivity index (χ4v) is 8.23. The molecule has 0 amide bonds. The predicted octanol–water partition coefficient (Wildman–Crippen LogP) is 2.86. The molecule has 1 aliphatic heterocycles. The van der Waals surface area contributed by atoms with Crippen LogP contribution in [-0.4, -0.2) is 57.6 Å². The van der Waals surface area contributed by atoms with Gasteiger partial charge in [0.1, 0.15) is 12.8 Å². The standard InChI is InChI=1S/C26H27F2NO6/c1-23-5-3-14(31)7-17(23)19(27)9-16-15-8-18-22(13-4-6-34-12-13)29-35-26(18,21(33)11-30)24(15,2)10-20(32)25(16,23)28/h3-7,12,15-16,18-20,30,32H,8-11H2,1-2H3/t15-,16-,18+,19?,20-,23-,24-,25-,26-/m0/s1. The second-order valence-corrected chi connectivity index (χ2v) is 11.0. The Bertz CT molecular complexity index is 1210. The minimum absolute atomic E-state index is 0.0441. The minimum Gasteiger partial charge on any atom is -0.472 e. The number of carbonyl (C=O) groups excluding carboxylic acids is 2. The third-order valence-corrected chi connectivity index (χ3v) is 9.84. The van der Waals surface area contributed by atoms with Crippen LogP contribution in [0.3, 0.4) is 0 Å². The average Bonchev–Trinajstić information content (AvgIpc) is 3.53. The highest BCUT2D eigenvalue weighted by atomic mass is 19.1. The Morgan fingerprint density at radius 3 is 2.74 bits per heavy atom. The molecule has 7 nitrogen and oxygen atoms in total. The van der Waals surface area contributed by atoms with Crippen LogP contribution in [0.15, 0.2) is 52.0 Å². The normalized spacial score (nSPS) is 47.7. The molecule has 3 saturated carbocycles. The van der Waals surface area contributed by atoms with Gasteiger partial charge < -0.3 is 19.5 Å². The lowest BCUT2D eigenvalue weighted by atomic mass is 9.44. The molecule has 0 bridgehead atoms. The summed E-state index contributed by atoms with van der Waals surface area (Å²) in [5.41, 5.74) is -5.42. The third-order valence-electron chi connectivity index (χ3n) is 9.84. The van der Waals surface area contributed by atoms with Crippen molar-refractivity contribution < 1.29 is 37.8 Å². The molecule has 0 aromatic carbocycles. The van der Waals surface area contributed by atoms with Gasteiger partial charge in [-0.1, -0.05) is 18.2 Å². The highest BCUT2D eigenvalue weighted by Gasteiger charge is 2.80. The highest BCUT2D eigenvalue weighted by Crippen LogP contribution is 2.72. The molecule has 186 valence electrons. The highest BCUT2D eigenvalue weighted by molar-refractivity contribution is 6.08. The van der Waals surface area contributed by atoms with E-state index in [-0.39, 0.29) is 24.8 Å². The lowest BCUT2D eigenvalue weighted by Gasteiger charge is -2.62. The first-order valence-electron chi connectivity index (χ1n) is 11.9. The SMILES string of the molecule is C[C@]12C=CC(=O)C=C1C(F)C[C@H]1[C@@H]3C[C@@H]4C(c5ccoc5)=NO[C@@]4(C(=O)CO)[C@@]3(C)C[C@H](O)[C@@]12F. The number of ketones is 2. The Morgan fingerprint density at radius 1 is 1.29 bits per heavy atom. The van der Waals surface area contributed by atoms with E-state index >= 15 is 8.78 Å². The van der Waals surface area contributed by atoms with E-state index in [0.29, 0.717) is 11.3 Å². The van der Waals surface area contributed by atoms with E-state index in [1.165, 1.54) is 31.6 Å². The van der Waals surface area contributed by atoms with Gasteiger partial charge in [0.25, 0.3) is 0 Å². The Morgan fingerprint density at radius 2 is 2.06 bits per heavy atom. The van der Waals surface area contributed by atoms with Crippen LogP contribution in [0.4, 0.5) is 8.78 Å². The predicted molar refractivity (Wildman–Crippen MR) is 119 cm³/mol. The van der Waals surface area contributed by atoms with Gasteiger partial charge in [-0.3, -0.25) is 9.59 Å². The maximum Gasteiger partial charge on any atom is 0.211 e. The lowest BCUT2D eigenvalue weighted by Crippen LogP contribution is -2.70. The van der Waals surface area contributed by atoms with Gasteiger partial charge in [0.05, 0.1) is 30.3 Å². The topological polar surface area (TPSA) is 109 Å². The first kappa shape index (κ1) is 22.8. The van der Waals surface area contributed by atoms with Crippen molar-refractivity contribution in [2.75, 3.05) is 6.61 Å². The molecule has 0 spiro atoms. The van der Waals surface area contributed by atoms with Crippen LogP contribution in [0, 0.1) is 28.6 Å². The van der Waals surface area contributed by atoms with Gasteiger partial charge in [0, 0.05) is 22.3 Å².